The average molecular weight is 397 g/mol. The predicted molar refractivity (Wildman–Crippen MR) is 98.2 cm³/mol. The van der Waals surface area contributed by atoms with Gasteiger partial charge >= 0.3 is 5.97 Å². The highest BCUT2D eigenvalue weighted by atomic mass is 35.5. The van der Waals surface area contributed by atoms with Crippen molar-refractivity contribution < 1.29 is 9.90 Å². The summed E-state index contributed by atoms with van der Waals surface area (Å²) < 4.78 is 1.68. The number of carbonyl (C=O) groups is 1. The Morgan fingerprint density at radius 3 is 2.44 bits per heavy atom. The Bertz CT molecular complexity index is 953. The third kappa shape index (κ3) is 3.35. The van der Waals surface area contributed by atoms with Gasteiger partial charge in [0.15, 0.2) is 5.69 Å². The second kappa shape index (κ2) is 7.04. The second-order valence-corrected chi connectivity index (χ2v) is 6.46. The van der Waals surface area contributed by atoms with Gasteiger partial charge in [-0.25, -0.2) is 14.8 Å². The zero-order chi connectivity index (χ0) is 18.1. The molecular formula is C17H12Cl3N3O2. The molecule has 5 nitrogen and oxygen atoms in total. The quantitative estimate of drug-likeness (QED) is 0.662. The molecule has 0 aliphatic heterocycles. The molecule has 25 heavy (non-hydrogen) atoms. The number of hydrogen-bond acceptors (Lipinski definition) is 3. The lowest BCUT2D eigenvalue weighted by atomic mass is 10.2. The molecule has 0 fully saturated rings. The number of halogens is 3. The summed E-state index contributed by atoms with van der Waals surface area (Å²) in [6.07, 6.45) is 1.94. The molecule has 2 aromatic heterocycles. The molecule has 0 saturated carbocycles. The van der Waals surface area contributed by atoms with Gasteiger partial charge in [0.2, 0.25) is 0 Å². The lowest BCUT2D eigenvalue weighted by molar-refractivity contribution is 0.0690. The summed E-state index contributed by atoms with van der Waals surface area (Å²) in [5.74, 6) is -0.232. The molecule has 0 bridgehead atoms. The van der Waals surface area contributed by atoms with Crippen LogP contribution in [0.5, 0.6) is 0 Å². The molecule has 0 spiro atoms. The highest BCUT2D eigenvalue weighted by Gasteiger charge is 2.24. The number of aromatic carboxylic acids is 1. The lowest BCUT2D eigenvalue weighted by Crippen LogP contribution is -2.07. The number of hydrogen-bond donors (Lipinski definition) is 1. The number of carboxylic acid groups (broad SMARTS) is 1. The van der Waals surface area contributed by atoms with Crippen molar-refractivity contribution in [3.05, 3.63) is 63.0 Å². The van der Waals surface area contributed by atoms with Crippen LogP contribution in [0.25, 0.3) is 17.2 Å². The Kier molecular flexibility index (Phi) is 4.99. The average Bonchev–Trinajstić information content (AvgIpc) is 2.95. The first kappa shape index (κ1) is 17.7. The molecule has 0 amide bonds. The molecule has 0 radical (unpaired) electrons. The van der Waals surface area contributed by atoms with Crippen LogP contribution in [0.2, 0.25) is 15.1 Å². The van der Waals surface area contributed by atoms with Crippen LogP contribution in [0.15, 0.2) is 36.5 Å². The Morgan fingerprint density at radius 1 is 1.16 bits per heavy atom. The Morgan fingerprint density at radius 2 is 1.88 bits per heavy atom. The first-order chi connectivity index (χ1) is 11.9. The van der Waals surface area contributed by atoms with Crippen molar-refractivity contribution in [3.63, 3.8) is 0 Å². The van der Waals surface area contributed by atoms with Crippen molar-refractivity contribution >= 4 is 40.8 Å². The molecule has 0 saturated heterocycles. The minimum atomic E-state index is -1.11. The molecule has 8 heteroatoms. The van der Waals surface area contributed by atoms with E-state index in [4.69, 9.17) is 34.8 Å². The Hall–Kier alpha value is -2.08. The lowest BCUT2D eigenvalue weighted by Gasteiger charge is -2.11. The SMILES string of the molecule is CCc1c(C(=O)O)nc(-c2ccc(Cl)cc2Cl)n1-c1ccc(Cl)cn1. The van der Waals surface area contributed by atoms with Crippen LogP contribution in [0.1, 0.15) is 23.1 Å². The molecule has 2 heterocycles. The van der Waals surface area contributed by atoms with Crippen LogP contribution in [0, 0.1) is 0 Å². The van der Waals surface area contributed by atoms with E-state index in [1.165, 1.54) is 6.20 Å². The van der Waals surface area contributed by atoms with Gasteiger partial charge in [-0.1, -0.05) is 41.7 Å². The highest BCUT2D eigenvalue weighted by molar-refractivity contribution is 6.36. The molecule has 0 aliphatic rings. The van der Waals surface area contributed by atoms with Gasteiger partial charge in [-0.05, 0) is 36.8 Å². The van der Waals surface area contributed by atoms with Crippen LogP contribution in [-0.2, 0) is 6.42 Å². The van der Waals surface area contributed by atoms with E-state index in [1.807, 2.05) is 6.92 Å². The van der Waals surface area contributed by atoms with Crippen LogP contribution in [0.3, 0.4) is 0 Å². The molecule has 3 rings (SSSR count). The molecule has 0 aliphatic carbocycles. The fourth-order valence-corrected chi connectivity index (χ4v) is 3.15. The van der Waals surface area contributed by atoms with Gasteiger partial charge in [0.1, 0.15) is 11.6 Å². The molecule has 3 aromatic rings. The third-order valence-corrected chi connectivity index (χ3v) is 4.39. The van der Waals surface area contributed by atoms with Crippen molar-refractivity contribution in [2.24, 2.45) is 0 Å². The normalized spacial score (nSPS) is 10.9. The topological polar surface area (TPSA) is 68.0 Å². The minimum absolute atomic E-state index is 0.0414. The van der Waals surface area contributed by atoms with E-state index < -0.39 is 5.97 Å². The van der Waals surface area contributed by atoms with Crippen molar-refractivity contribution in [1.29, 1.82) is 0 Å². The first-order valence-corrected chi connectivity index (χ1v) is 8.48. The van der Waals surface area contributed by atoms with Crippen LogP contribution >= 0.6 is 34.8 Å². The molecule has 0 atom stereocenters. The Labute approximate surface area is 158 Å². The standard InChI is InChI=1S/C17H12Cl3N3O2/c1-2-13-15(17(24)25)22-16(11-5-3-9(18)7-12(11)20)23(13)14-6-4-10(19)8-21-14/h3-8H,2H2,1H3,(H,24,25). The minimum Gasteiger partial charge on any atom is -0.476 e. The fraction of sp³-hybridized carbons (Fsp3) is 0.118. The largest absolute Gasteiger partial charge is 0.476 e. The van der Waals surface area contributed by atoms with E-state index in [0.717, 1.165) is 0 Å². The molecule has 128 valence electrons. The summed E-state index contributed by atoms with van der Waals surface area (Å²) in [6.45, 7) is 1.85. The van der Waals surface area contributed by atoms with Crippen molar-refractivity contribution in [3.8, 4) is 17.2 Å². The van der Waals surface area contributed by atoms with Gasteiger partial charge in [-0.15, -0.1) is 0 Å². The van der Waals surface area contributed by atoms with E-state index in [9.17, 15) is 9.90 Å². The molecule has 1 N–H and O–H groups in total. The zero-order valence-electron chi connectivity index (χ0n) is 13.0. The van der Waals surface area contributed by atoms with E-state index in [0.29, 0.717) is 44.4 Å². The number of aromatic nitrogens is 3. The summed E-state index contributed by atoms with van der Waals surface area (Å²) in [6, 6.07) is 8.32. The van der Waals surface area contributed by atoms with E-state index in [2.05, 4.69) is 9.97 Å². The van der Waals surface area contributed by atoms with Gasteiger partial charge in [-0.2, -0.15) is 0 Å². The van der Waals surface area contributed by atoms with Gasteiger partial charge in [-0.3, -0.25) is 4.57 Å². The maximum atomic E-state index is 11.6. The summed E-state index contributed by atoms with van der Waals surface area (Å²) >= 11 is 18.2. The zero-order valence-corrected chi connectivity index (χ0v) is 15.3. The number of rotatable bonds is 4. The number of nitrogens with zero attached hydrogens (tertiary/aromatic N) is 3. The van der Waals surface area contributed by atoms with Crippen LogP contribution in [0.4, 0.5) is 0 Å². The predicted octanol–water partition coefficient (Wildman–Crippen LogP) is 5.16. The van der Waals surface area contributed by atoms with E-state index in [1.54, 1.807) is 34.9 Å². The number of benzene rings is 1. The third-order valence-electron chi connectivity index (χ3n) is 3.62. The number of pyridine rings is 1. The molecular weight excluding hydrogens is 385 g/mol. The number of imidazole rings is 1. The monoisotopic (exact) mass is 395 g/mol. The van der Waals surface area contributed by atoms with Crippen molar-refractivity contribution in [1.82, 2.24) is 14.5 Å². The molecule has 1 aromatic carbocycles. The van der Waals surface area contributed by atoms with Gasteiger partial charge in [0.05, 0.1) is 15.7 Å². The van der Waals surface area contributed by atoms with E-state index in [-0.39, 0.29) is 5.69 Å². The van der Waals surface area contributed by atoms with E-state index >= 15 is 0 Å². The van der Waals surface area contributed by atoms with Crippen molar-refractivity contribution in [2.75, 3.05) is 0 Å². The maximum Gasteiger partial charge on any atom is 0.356 e. The van der Waals surface area contributed by atoms with Crippen LogP contribution < -0.4 is 0 Å². The second-order valence-electron chi connectivity index (χ2n) is 5.18. The van der Waals surface area contributed by atoms with Gasteiger partial charge < -0.3 is 5.11 Å². The smallest absolute Gasteiger partial charge is 0.356 e. The maximum absolute atomic E-state index is 11.6. The first-order valence-electron chi connectivity index (χ1n) is 7.34. The Balaban J connectivity index is 2.34. The highest BCUT2D eigenvalue weighted by Crippen LogP contribution is 2.33. The summed E-state index contributed by atoms with van der Waals surface area (Å²) in [7, 11) is 0. The van der Waals surface area contributed by atoms with Gasteiger partial charge in [0.25, 0.3) is 0 Å². The molecule has 0 unspecified atom stereocenters. The summed E-state index contributed by atoms with van der Waals surface area (Å²) in [5.41, 5.74) is 1.04. The van der Waals surface area contributed by atoms with Gasteiger partial charge in [0, 0.05) is 16.8 Å². The summed E-state index contributed by atoms with van der Waals surface area (Å²) in [4.78, 5) is 20.2. The number of carboxylic acids is 1. The van der Waals surface area contributed by atoms with Crippen LogP contribution in [-0.4, -0.2) is 25.6 Å². The summed E-state index contributed by atoms with van der Waals surface area (Å²) in [5, 5.41) is 10.8. The fourth-order valence-electron chi connectivity index (χ4n) is 2.55. The van der Waals surface area contributed by atoms with Crippen molar-refractivity contribution in [2.45, 2.75) is 13.3 Å².